The molecule has 1 heterocycles. The smallest absolute Gasteiger partial charge is 0.274 e. The predicted octanol–water partition coefficient (Wildman–Crippen LogP) is 3.81. The van der Waals surface area contributed by atoms with Crippen molar-refractivity contribution in [1.82, 2.24) is 9.97 Å². The number of benzene rings is 2. The fraction of sp³-hybridized carbons (Fsp3) is 0.0526. The van der Waals surface area contributed by atoms with Crippen molar-refractivity contribution in [3.63, 3.8) is 0 Å². The molecule has 0 fully saturated rings. The Balaban J connectivity index is 1.74. The Morgan fingerprint density at radius 3 is 2.42 bits per heavy atom. The summed E-state index contributed by atoms with van der Waals surface area (Å²) in [6, 6.07) is 14.2. The average Bonchev–Trinajstić information content (AvgIpc) is 2.64. The van der Waals surface area contributed by atoms with E-state index < -0.39 is 11.7 Å². The molecule has 7 heteroatoms. The molecule has 0 aliphatic heterocycles. The van der Waals surface area contributed by atoms with Crippen molar-refractivity contribution in [2.24, 2.45) is 0 Å². The van der Waals surface area contributed by atoms with Crippen LogP contribution in [-0.4, -0.2) is 21.7 Å². The van der Waals surface area contributed by atoms with Crippen molar-refractivity contribution in [1.29, 1.82) is 0 Å². The maximum absolute atomic E-state index is 13.6. The molecule has 2 N–H and O–H groups in total. The molecule has 0 unspecified atom stereocenters. The lowest BCUT2D eigenvalue weighted by Crippen LogP contribution is -2.15. The van der Waals surface area contributed by atoms with E-state index >= 15 is 0 Å². The lowest BCUT2D eigenvalue weighted by molar-refractivity contribution is 0.101. The van der Waals surface area contributed by atoms with Gasteiger partial charge in [0.1, 0.15) is 23.7 Å². The lowest BCUT2D eigenvalue weighted by Gasteiger charge is -2.08. The molecule has 1 aromatic heterocycles. The molecule has 3 aromatic rings. The standard InChI is InChI=1S/C19H15FN4O2/c1-12(25)13-6-8-14(9-7-13)23-18-10-17(21-11-22-18)19(26)24-16-5-3-2-4-15(16)20/h2-11H,1H3,(H,24,26)(H,21,22,23). The summed E-state index contributed by atoms with van der Waals surface area (Å²) in [6.45, 7) is 1.49. The van der Waals surface area contributed by atoms with Crippen LogP contribution in [0.5, 0.6) is 0 Å². The fourth-order valence-electron chi connectivity index (χ4n) is 2.23. The van der Waals surface area contributed by atoms with Gasteiger partial charge >= 0.3 is 0 Å². The van der Waals surface area contributed by atoms with E-state index in [2.05, 4.69) is 20.6 Å². The predicted molar refractivity (Wildman–Crippen MR) is 96.1 cm³/mol. The minimum Gasteiger partial charge on any atom is -0.340 e. The molecule has 3 rings (SSSR count). The number of anilines is 3. The van der Waals surface area contributed by atoms with Gasteiger partial charge in [0.15, 0.2) is 5.78 Å². The van der Waals surface area contributed by atoms with Gasteiger partial charge in [-0.1, -0.05) is 12.1 Å². The van der Waals surface area contributed by atoms with Gasteiger partial charge in [-0.05, 0) is 43.3 Å². The van der Waals surface area contributed by atoms with Crippen LogP contribution in [0, 0.1) is 5.82 Å². The Bertz CT molecular complexity index is 958. The molecule has 6 nitrogen and oxygen atoms in total. The van der Waals surface area contributed by atoms with Gasteiger partial charge in [0, 0.05) is 17.3 Å². The Morgan fingerprint density at radius 1 is 1.00 bits per heavy atom. The van der Waals surface area contributed by atoms with E-state index in [1.54, 1.807) is 30.3 Å². The van der Waals surface area contributed by atoms with Crippen LogP contribution in [0.3, 0.4) is 0 Å². The number of carbonyl (C=O) groups excluding carboxylic acids is 2. The van der Waals surface area contributed by atoms with Gasteiger partial charge in [0.05, 0.1) is 5.69 Å². The SMILES string of the molecule is CC(=O)c1ccc(Nc2cc(C(=O)Nc3ccccc3F)ncn2)cc1. The molecule has 1 amide bonds. The zero-order valence-electron chi connectivity index (χ0n) is 13.9. The second kappa shape index (κ2) is 7.52. The number of nitrogens with zero attached hydrogens (tertiary/aromatic N) is 2. The second-order valence-electron chi connectivity index (χ2n) is 5.48. The molecule has 0 spiro atoms. The molecule has 130 valence electrons. The number of halogens is 1. The summed E-state index contributed by atoms with van der Waals surface area (Å²) in [6.07, 6.45) is 1.24. The van der Waals surface area contributed by atoms with Crippen LogP contribution >= 0.6 is 0 Å². The van der Waals surface area contributed by atoms with Gasteiger partial charge in [0.2, 0.25) is 0 Å². The topological polar surface area (TPSA) is 84.0 Å². The third kappa shape index (κ3) is 4.07. The third-order valence-electron chi connectivity index (χ3n) is 3.59. The number of nitrogens with one attached hydrogen (secondary N) is 2. The van der Waals surface area contributed by atoms with Crippen LogP contribution in [0.2, 0.25) is 0 Å². The summed E-state index contributed by atoms with van der Waals surface area (Å²) < 4.78 is 13.6. The number of aromatic nitrogens is 2. The number of Topliss-reactive ketones (excluding diaryl/α,β-unsaturated/α-hetero) is 1. The first-order chi connectivity index (χ1) is 12.5. The summed E-state index contributed by atoms with van der Waals surface area (Å²) >= 11 is 0. The zero-order valence-corrected chi connectivity index (χ0v) is 13.9. The van der Waals surface area contributed by atoms with Crippen molar-refractivity contribution in [2.45, 2.75) is 6.92 Å². The van der Waals surface area contributed by atoms with Crippen LogP contribution in [0.25, 0.3) is 0 Å². The van der Waals surface area contributed by atoms with Crippen molar-refractivity contribution in [3.8, 4) is 0 Å². The first-order valence-corrected chi connectivity index (χ1v) is 7.79. The van der Waals surface area contributed by atoms with Crippen molar-refractivity contribution in [3.05, 3.63) is 78.0 Å². The summed E-state index contributed by atoms with van der Waals surface area (Å²) in [5, 5.41) is 5.49. The highest BCUT2D eigenvalue weighted by Gasteiger charge is 2.11. The molecule has 2 aromatic carbocycles. The van der Waals surface area contributed by atoms with Crippen LogP contribution in [0.15, 0.2) is 60.9 Å². The maximum atomic E-state index is 13.6. The normalized spacial score (nSPS) is 10.2. The van der Waals surface area contributed by atoms with Crippen LogP contribution in [0.4, 0.5) is 21.6 Å². The van der Waals surface area contributed by atoms with E-state index in [4.69, 9.17) is 0 Å². The van der Waals surface area contributed by atoms with Crippen LogP contribution < -0.4 is 10.6 Å². The quantitative estimate of drug-likeness (QED) is 0.684. The van der Waals surface area contributed by atoms with E-state index in [1.807, 2.05) is 0 Å². The van der Waals surface area contributed by atoms with Gasteiger partial charge < -0.3 is 10.6 Å². The van der Waals surface area contributed by atoms with E-state index in [0.717, 1.165) is 0 Å². The Hall–Kier alpha value is -3.61. The number of hydrogen-bond donors (Lipinski definition) is 2. The first kappa shape index (κ1) is 17.2. The number of para-hydroxylation sites is 1. The summed E-state index contributed by atoms with van der Waals surface area (Å²) in [4.78, 5) is 31.5. The van der Waals surface area contributed by atoms with Gasteiger partial charge in [0.25, 0.3) is 5.91 Å². The number of hydrogen-bond acceptors (Lipinski definition) is 5. The lowest BCUT2D eigenvalue weighted by atomic mass is 10.1. The van der Waals surface area contributed by atoms with Crippen molar-refractivity contribution in [2.75, 3.05) is 10.6 Å². The molecular formula is C19H15FN4O2. The number of rotatable bonds is 5. The van der Waals surface area contributed by atoms with Gasteiger partial charge in [-0.15, -0.1) is 0 Å². The van der Waals surface area contributed by atoms with Crippen LogP contribution in [-0.2, 0) is 0 Å². The highest BCUT2D eigenvalue weighted by Crippen LogP contribution is 2.17. The van der Waals surface area contributed by atoms with Gasteiger partial charge in [-0.2, -0.15) is 0 Å². The first-order valence-electron chi connectivity index (χ1n) is 7.79. The zero-order chi connectivity index (χ0) is 18.5. The molecule has 0 aliphatic rings. The molecule has 0 saturated heterocycles. The van der Waals surface area contributed by atoms with E-state index in [1.165, 1.54) is 37.5 Å². The highest BCUT2D eigenvalue weighted by molar-refractivity contribution is 6.03. The minimum atomic E-state index is -0.549. The molecule has 0 bridgehead atoms. The van der Waals surface area contributed by atoms with Crippen molar-refractivity contribution >= 4 is 28.9 Å². The Kier molecular flexibility index (Phi) is 4.98. The maximum Gasteiger partial charge on any atom is 0.274 e. The van der Waals surface area contributed by atoms with Crippen molar-refractivity contribution < 1.29 is 14.0 Å². The Morgan fingerprint density at radius 2 is 1.73 bits per heavy atom. The third-order valence-corrected chi connectivity index (χ3v) is 3.59. The summed E-state index contributed by atoms with van der Waals surface area (Å²) in [5.41, 5.74) is 1.47. The average molecular weight is 350 g/mol. The molecule has 0 atom stereocenters. The highest BCUT2D eigenvalue weighted by atomic mass is 19.1. The number of carbonyl (C=O) groups is 2. The van der Waals surface area contributed by atoms with E-state index in [-0.39, 0.29) is 17.2 Å². The molecule has 0 saturated carbocycles. The van der Waals surface area contributed by atoms with E-state index in [9.17, 15) is 14.0 Å². The minimum absolute atomic E-state index is 0.0225. The van der Waals surface area contributed by atoms with Crippen LogP contribution in [0.1, 0.15) is 27.8 Å². The second-order valence-corrected chi connectivity index (χ2v) is 5.48. The number of ketones is 1. The molecular weight excluding hydrogens is 335 g/mol. The summed E-state index contributed by atoms with van der Waals surface area (Å²) in [7, 11) is 0. The van der Waals surface area contributed by atoms with E-state index in [0.29, 0.717) is 17.1 Å². The Labute approximate surface area is 149 Å². The van der Waals surface area contributed by atoms with Gasteiger partial charge in [-0.3, -0.25) is 9.59 Å². The molecule has 0 aliphatic carbocycles. The van der Waals surface area contributed by atoms with Gasteiger partial charge in [-0.25, -0.2) is 14.4 Å². The molecule has 26 heavy (non-hydrogen) atoms. The monoisotopic (exact) mass is 350 g/mol. The summed E-state index contributed by atoms with van der Waals surface area (Å²) in [5.74, 6) is -0.703. The number of amides is 1. The molecule has 0 radical (unpaired) electrons. The fourth-order valence-corrected chi connectivity index (χ4v) is 2.23. The largest absolute Gasteiger partial charge is 0.340 e.